The molecule has 4 nitrogen and oxygen atoms in total. The van der Waals surface area contributed by atoms with Crippen molar-refractivity contribution in [2.75, 3.05) is 12.4 Å². The predicted octanol–water partition coefficient (Wildman–Crippen LogP) is 4.10. The lowest BCUT2D eigenvalue weighted by Gasteiger charge is -2.05. The minimum absolute atomic E-state index is 0.0375. The van der Waals surface area contributed by atoms with Gasteiger partial charge in [-0.05, 0) is 49.1 Å². The third-order valence-corrected chi connectivity index (χ3v) is 3.50. The van der Waals surface area contributed by atoms with Crippen LogP contribution in [-0.4, -0.2) is 18.0 Å². The number of unbranched alkanes of at least 4 members (excludes halogenated alkanes) is 1. The van der Waals surface area contributed by atoms with Gasteiger partial charge < -0.3 is 10.1 Å². The number of halogens is 1. The number of aryl methyl sites for hydroxylation is 1. The second kappa shape index (κ2) is 8.39. The molecule has 116 valence electrons. The number of hydrogen-bond donors (Lipinski definition) is 1. The van der Waals surface area contributed by atoms with Crippen molar-refractivity contribution in [3.63, 3.8) is 0 Å². The molecule has 1 amide bonds. The molecule has 0 atom stereocenters. The summed E-state index contributed by atoms with van der Waals surface area (Å²) in [6, 6.07) is 11.3. The van der Waals surface area contributed by atoms with Crippen LogP contribution >= 0.6 is 11.6 Å². The largest absolute Gasteiger partial charge is 0.497 e. The average Bonchev–Trinajstić information content (AvgIpc) is 2.52. The SMILES string of the molecule is COc1ccc(CCCCC(=O)Nc2cc(Cl)ccn2)cc1. The van der Waals surface area contributed by atoms with Gasteiger partial charge in [-0.2, -0.15) is 0 Å². The Morgan fingerprint density at radius 3 is 2.68 bits per heavy atom. The molecule has 0 saturated carbocycles. The minimum atomic E-state index is -0.0375. The molecule has 0 fully saturated rings. The standard InChI is InChI=1S/C17H19ClN2O2/c1-22-15-8-6-13(7-9-15)4-2-3-5-17(21)20-16-12-14(18)10-11-19-16/h6-12H,2-5H2,1H3,(H,19,20,21). The van der Waals surface area contributed by atoms with E-state index in [1.807, 2.05) is 12.1 Å². The zero-order valence-electron chi connectivity index (χ0n) is 12.5. The lowest BCUT2D eigenvalue weighted by atomic mass is 10.1. The van der Waals surface area contributed by atoms with Gasteiger partial charge in [0.1, 0.15) is 11.6 Å². The highest BCUT2D eigenvalue weighted by atomic mass is 35.5. The van der Waals surface area contributed by atoms with E-state index in [4.69, 9.17) is 16.3 Å². The number of amides is 1. The lowest BCUT2D eigenvalue weighted by Crippen LogP contribution is -2.12. The number of carbonyl (C=O) groups is 1. The van der Waals surface area contributed by atoms with Crippen LogP contribution in [0.25, 0.3) is 0 Å². The number of rotatable bonds is 7. The van der Waals surface area contributed by atoms with Gasteiger partial charge in [-0.1, -0.05) is 23.7 Å². The minimum Gasteiger partial charge on any atom is -0.497 e. The summed E-state index contributed by atoms with van der Waals surface area (Å²) in [7, 11) is 1.66. The first-order valence-electron chi connectivity index (χ1n) is 7.22. The first-order chi connectivity index (χ1) is 10.7. The molecular weight excluding hydrogens is 300 g/mol. The van der Waals surface area contributed by atoms with Crippen molar-refractivity contribution < 1.29 is 9.53 Å². The number of benzene rings is 1. The van der Waals surface area contributed by atoms with Gasteiger partial charge in [-0.3, -0.25) is 4.79 Å². The van der Waals surface area contributed by atoms with E-state index in [-0.39, 0.29) is 5.91 Å². The van der Waals surface area contributed by atoms with E-state index < -0.39 is 0 Å². The zero-order chi connectivity index (χ0) is 15.8. The number of nitrogens with zero attached hydrogens (tertiary/aromatic N) is 1. The molecule has 5 heteroatoms. The molecule has 1 N–H and O–H groups in total. The summed E-state index contributed by atoms with van der Waals surface area (Å²) in [6.07, 6.45) is 4.79. The summed E-state index contributed by atoms with van der Waals surface area (Å²) in [5.74, 6) is 1.31. The number of anilines is 1. The number of nitrogens with one attached hydrogen (secondary N) is 1. The summed E-state index contributed by atoms with van der Waals surface area (Å²) < 4.78 is 5.12. The lowest BCUT2D eigenvalue weighted by molar-refractivity contribution is -0.116. The molecule has 0 saturated heterocycles. The van der Waals surface area contributed by atoms with E-state index in [2.05, 4.69) is 22.4 Å². The first kappa shape index (κ1) is 16.3. The van der Waals surface area contributed by atoms with E-state index in [0.29, 0.717) is 17.3 Å². The summed E-state index contributed by atoms with van der Waals surface area (Å²) in [5.41, 5.74) is 1.25. The Labute approximate surface area is 135 Å². The van der Waals surface area contributed by atoms with Crippen molar-refractivity contribution in [3.05, 3.63) is 53.2 Å². The molecule has 22 heavy (non-hydrogen) atoms. The Kier molecular flexibility index (Phi) is 6.22. The van der Waals surface area contributed by atoms with Crippen LogP contribution in [-0.2, 0) is 11.2 Å². The van der Waals surface area contributed by atoms with Gasteiger partial charge >= 0.3 is 0 Å². The molecule has 0 radical (unpaired) electrons. The van der Waals surface area contributed by atoms with Gasteiger partial charge in [-0.15, -0.1) is 0 Å². The highest BCUT2D eigenvalue weighted by Gasteiger charge is 2.04. The maximum Gasteiger partial charge on any atom is 0.225 e. The molecule has 2 aromatic rings. The summed E-state index contributed by atoms with van der Waals surface area (Å²) in [5, 5.41) is 3.31. The van der Waals surface area contributed by atoms with Crippen LogP contribution in [0.3, 0.4) is 0 Å². The van der Waals surface area contributed by atoms with Crippen LogP contribution < -0.4 is 10.1 Å². The number of hydrogen-bond acceptors (Lipinski definition) is 3. The second-order valence-corrected chi connectivity index (χ2v) is 5.40. The van der Waals surface area contributed by atoms with Gasteiger partial charge in [0.2, 0.25) is 5.91 Å². The van der Waals surface area contributed by atoms with Gasteiger partial charge in [0.25, 0.3) is 0 Å². The Balaban J connectivity index is 1.68. The smallest absolute Gasteiger partial charge is 0.225 e. The quantitative estimate of drug-likeness (QED) is 0.782. The molecule has 1 aromatic carbocycles. The van der Waals surface area contributed by atoms with Crippen LogP contribution in [0.2, 0.25) is 5.02 Å². The Morgan fingerprint density at radius 2 is 2.00 bits per heavy atom. The van der Waals surface area contributed by atoms with Gasteiger partial charge in [0.05, 0.1) is 7.11 Å². The van der Waals surface area contributed by atoms with Crippen LogP contribution in [0.1, 0.15) is 24.8 Å². The second-order valence-electron chi connectivity index (χ2n) is 4.96. The van der Waals surface area contributed by atoms with Gasteiger partial charge in [0.15, 0.2) is 0 Å². The van der Waals surface area contributed by atoms with Gasteiger partial charge in [0, 0.05) is 17.6 Å². The molecule has 0 aliphatic heterocycles. The normalized spacial score (nSPS) is 10.3. The van der Waals surface area contributed by atoms with E-state index in [1.165, 1.54) is 5.56 Å². The third-order valence-electron chi connectivity index (χ3n) is 3.27. The molecule has 0 spiro atoms. The van der Waals surface area contributed by atoms with Crippen molar-refractivity contribution >= 4 is 23.3 Å². The number of ether oxygens (including phenoxy) is 1. The molecule has 0 aliphatic rings. The third kappa shape index (κ3) is 5.37. The summed E-state index contributed by atoms with van der Waals surface area (Å²) in [4.78, 5) is 15.9. The van der Waals surface area contributed by atoms with Crippen molar-refractivity contribution in [1.29, 1.82) is 0 Å². The van der Waals surface area contributed by atoms with E-state index >= 15 is 0 Å². The monoisotopic (exact) mass is 318 g/mol. The highest BCUT2D eigenvalue weighted by Crippen LogP contribution is 2.14. The maximum absolute atomic E-state index is 11.8. The molecule has 2 rings (SSSR count). The zero-order valence-corrected chi connectivity index (χ0v) is 13.3. The molecular formula is C17H19ClN2O2. The summed E-state index contributed by atoms with van der Waals surface area (Å²) in [6.45, 7) is 0. The van der Waals surface area contributed by atoms with Crippen molar-refractivity contribution in [2.24, 2.45) is 0 Å². The van der Waals surface area contributed by atoms with E-state index in [9.17, 15) is 4.79 Å². The van der Waals surface area contributed by atoms with Crippen LogP contribution in [0, 0.1) is 0 Å². The van der Waals surface area contributed by atoms with Crippen LogP contribution in [0.15, 0.2) is 42.6 Å². The van der Waals surface area contributed by atoms with Gasteiger partial charge in [-0.25, -0.2) is 4.98 Å². The first-order valence-corrected chi connectivity index (χ1v) is 7.59. The molecule has 1 aromatic heterocycles. The predicted molar refractivity (Wildman–Crippen MR) is 88.4 cm³/mol. The number of pyridine rings is 1. The topological polar surface area (TPSA) is 51.2 Å². The van der Waals surface area contributed by atoms with Crippen molar-refractivity contribution in [1.82, 2.24) is 4.98 Å². The van der Waals surface area contributed by atoms with Crippen LogP contribution in [0.4, 0.5) is 5.82 Å². The highest BCUT2D eigenvalue weighted by molar-refractivity contribution is 6.30. The van der Waals surface area contributed by atoms with E-state index in [1.54, 1.807) is 25.4 Å². The molecule has 0 unspecified atom stereocenters. The number of aromatic nitrogens is 1. The summed E-state index contributed by atoms with van der Waals surface area (Å²) >= 11 is 5.84. The Morgan fingerprint density at radius 1 is 1.23 bits per heavy atom. The fraction of sp³-hybridized carbons (Fsp3) is 0.294. The maximum atomic E-state index is 11.8. The fourth-order valence-corrected chi connectivity index (χ4v) is 2.25. The molecule has 1 heterocycles. The van der Waals surface area contributed by atoms with Crippen molar-refractivity contribution in [3.8, 4) is 5.75 Å². The molecule has 0 aliphatic carbocycles. The number of carbonyl (C=O) groups excluding carboxylic acids is 1. The molecule has 0 bridgehead atoms. The average molecular weight is 319 g/mol. The fourth-order valence-electron chi connectivity index (χ4n) is 2.09. The van der Waals surface area contributed by atoms with Crippen molar-refractivity contribution in [2.45, 2.75) is 25.7 Å². The van der Waals surface area contributed by atoms with Crippen LogP contribution in [0.5, 0.6) is 5.75 Å². The van der Waals surface area contributed by atoms with E-state index in [0.717, 1.165) is 25.0 Å². The Hall–Kier alpha value is -2.07. The number of methoxy groups -OCH3 is 1. The Bertz CT molecular complexity index is 614.